The lowest BCUT2D eigenvalue weighted by molar-refractivity contribution is -0.139. The van der Waals surface area contributed by atoms with Crippen molar-refractivity contribution in [3.8, 4) is 5.75 Å². The number of piperazine rings is 1. The number of ether oxygens (including phenoxy) is 1. The average Bonchev–Trinajstić information content (AvgIpc) is 2.84. The van der Waals surface area contributed by atoms with Crippen molar-refractivity contribution in [1.29, 1.82) is 0 Å². The first-order chi connectivity index (χ1) is 16.1. The van der Waals surface area contributed by atoms with Crippen LogP contribution in [0.15, 0.2) is 47.4 Å². The summed E-state index contributed by atoms with van der Waals surface area (Å²) >= 11 is 0. The second-order valence-corrected chi connectivity index (χ2v) is 10.7. The molecule has 8 nitrogen and oxygen atoms in total. The highest BCUT2D eigenvalue weighted by Gasteiger charge is 2.28. The van der Waals surface area contributed by atoms with Crippen molar-refractivity contribution in [3.05, 3.63) is 59.2 Å². The number of aryl methyl sites for hydroxylation is 3. The minimum atomic E-state index is -3.76. The molecule has 2 aromatic rings. The van der Waals surface area contributed by atoms with E-state index in [4.69, 9.17) is 4.74 Å². The smallest absolute Gasteiger partial charge is 0.243 e. The number of carbonyl (C=O) groups is 2. The normalized spacial score (nSPS) is 14.4. The molecule has 3 rings (SSSR count). The molecule has 0 aliphatic carbocycles. The molecule has 0 atom stereocenters. The Morgan fingerprint density at radius 1 is 0.912 bits per heavy atom. The number of sulfonamides is 1. The van der Waals surface area contributed by atoms with Gasteiger partial charge in [0.1, 0.15) is 5.75 Å². The van der Waals surface area contributed by atoms with Gasteiger partial charge in [0.15, 0.2) is 0 Å². The maximum Gasteiger partial charge on any atom is 0.243 e. The first-order valence-electron chi connectivity index (χ1n) is 11.3. The van der Waals surface area contributed by atoms with Gasteiger partial charge < -0.3 is 14.5 Å². The van der Waals surface area contributed by atoms with Crippen LogP contribution in [0.4, 0.5) is 0 Å². The fourth-order valence-electron chi connectivity index (χ4n) is 3.84. The number of nitrogens with zero attached hydrogens (tertiary/aromatic N) is 3. The van der Waals surface area contributed by atoms with Gasteiger partial charge in [0.25, 0.3) is 0 Å². The molecule has 1 saturated heterocycles. The average molecular weight is 488 g/mol. The summed E-state index contributed by atoms with van der Waals surface area (Å²) < 4.78 is 32.0. The molecule has 2 aromatic carbocycles. The van der Waals surface area contributed by atoms with E-state index in [0.29, 0.717) is 39.0 Å². The van der Waals surface area contributed by atoms with Crippen LogP contribution >= 0.6 is 0 Å². The summed E-state index contributed by atoms with van der Waals surface area (Å²) in [5, 5.41) is 0. The molecule has 1 aliphatic rings. The quantitative estimate of drug-likeness (QED) is 0.570. The first-order valence-corrected chi connectivity index (χ1v) is 12.8. The molecule has 0 aromatic heterocycles. The highest BCUT2D eigenvalue weighted by atomic mass is 32.2. The van der Waals surface area contributed by atoms with Gasteiger partial charge >= 0.3 is 0 Å². The molecule has 1 fully saturated rings. The molecule has 34 heavy (non-hydrogen) atoms. The van der Waals surface area contributed by atoms with Crippen LogP contribution < -0.4 is 4.74 Å². The maximum absolute atomic E-state index is 12.9. The second kappa shape index (κ2) is 11.0. The van der Waals surface area contributed by atoms with Gasteiger partial charge in [-0.2, -0.15) is 4.31 Å². The lowest BCUT2D eigenvalue weighted by atomic mass is 10.1. The van der Waals surface area contributed by atoms with E-state index in [1.54, 1.807) is 35.1 Å². The van der Waals surface area contributed by atoms with E-state index in [1.165, 1.54) is 7.05 Å². The Bertz CT molecular complexity index is 1120. The predicted molar refractivity (Wildman–Crippen MR) is 130 cm³/mol. The standard InChI is InChI=1S/C25H33N3O5S/c1-19-5-11-23(17-20(19)2)34(31,32)26(3)18-25(30)28-15-13-27(14-16-28)24(29)12-8-21-6-9-22(33-4)10-7-21/h5-7,9-11,17H,8,12-16,18H2,1-4H3. The van der Waals surface area contributed by atoms with E-state index in [9.17, 15) is 18.0 Å². The van der Waals surface area contributed by atoms with Gasteiger partial charge in [-0.05, 0) is 61.2 Å². The van der Waals surface area contributed by atoms with Gasteiger partial charge in [0.05, 0.1) is 18.6 Å². The Kier molecular flexibility index (Phi) is 8.33. The fourth-order valence-corrected chi connectivity index (χ4v) is 5.04. The minimum Gasteiger partial charge on any atom is -0.497 e. The highest BCUT2D eigenvalue weighted by molar-refractivity contribution is 7.89. The Labute approximate surface area is 202 Å². The number of benzene rings is 2. The lowest BCUT2D eigenvalue weighted by Gasteiger charge is -2.35. The van der Waals surface area contributed by atoms with Crippen LogP contribution in [-0.4, -0.2) is 81.2 Å². The molecule has 0 saturated carbocycles. The molecule has 0 N–H and O–H groups in total. The molecule has 2 amide bonds. The van der Waals surface area contributed by atoms with Gasteiger partial charge in [-0.15, -0.1) is 0 Å². The molecule has 1 aliphatic heterocycles. The molecular weight excluding hydrogens is 454 g/mol. The summed E-state index contributed by atoms with van der Waals surface area (Å²) in [7, 11) is -0.727. The number of hydrogen-bond acceptors (Lipinski definition) is 5. The number of rotatable bonds is 8. The largest absolute Gasteiger partial charge is 0.497 e. The number of likely N-dealkylation sites (N-methyl/N-ethyl adjacent to an activating group) is 1. The van der Waals surface area contributed by atoms with Crippen LogP contribution in [0.2, 0.25) is 0 Å². The van der Waals surface area contributed by atoms with Gasteiger partial charge in [0, 0.05) is 39.6 Å². The second-order valence-electron chi connectivity index (χ2n) is 8.62. The van der Waals surface area contributed by atoms with Gasteiger partial charge in [-0.1, -0.05) is 18.2 Å². The Balaban J connectivity index is 1.48. The van der Waals surface area contributed by atoms with Crippen molar-refractivity contribution in [3.63, 3.8) is 0 Å². The van der Waals surface area contributed by atoms with Crippen molar-refractivity contribution in [2.24, 2.45) is 0 Å². The van der Waals surface area contributed by atoms with Crippen LogP contribution in [0.25, 0.3) is 0 Å². The van der Waals surface area contributed by atoms with Crippen LogP contribution in [0.5, 0.6) is 5.75 Å². The molecule has 0 unspecified atom stereocenters. The molecule has 0 bridgehead atoms. The predicted octanol–water partition coefficient (Wildman–Crippen LogP) is 2.24. The van der Waals surface area contributed by atoms with E-state index >= 15 is 0 Å². The van der Waals surface area contributed by atoms with E-state index in [1.807, 2.05) is 38.1 Å². The SMILES string of the molecule is COc1ccc(CCC(=O)N2CCN(C(=O)CN(C)S(=O)(=O)c3ccc(C)c(C)c3)CC2)cc1. The monoisotopic (exact) mass is 487 g/mol. The van der Waals surface area contributed by atoms with Crippen LogP contribution in [0.1, 0.15) is 23.1 Å². The Morgan fingerprint density at radius 3 is 2.06 bits per heavy atom. The van der Waals surface area contributed by atoms with E-state index in [-0.39, 0.29) is 23.3 Å². The van der Waals surface area contributed by atoms with Gasteiger partial charge in [-0.25, -0.2) is 8.42 Å². The van der Waals surface area contributed by atoms with Gasteiger partial charge in [0.2, 0.25) is 21.8 Å². The first kappa shape index (κ1) is 25.7. The molecule has 9 heteroatoms. The zero-order chi connectivity index (χ0) is 24.9. The van der Waals surface area contributed by atoms with E-state index in [0.717, 1.165) is 26.7 Å². The third-order valence-electron chi connectivity index (χ3n) is 6.32. The number of carbonyl (C=O) groups excluding carboxylic acids is 2. The Morgan fingerprint density at radius 2 is 1.50 bits per heavy atom. The zero-order valence-electron chi connectivity index (χ0n) is 20.3. The fraction of sp³-hybridized carbons (Fsp3) is 0.440. The lowest BCUT2D eigenvalue weighted by Crippen LogP contribution is -2.52. The molecule has 1 heterocycles. The summed E-state index contributed by atoms with van der Waals surface area (Å²) in [6, 6.07) is 12.6. The van der Waals surface area contributed by atoms with E-state index < -0.39 is 10.0 Å². The summed E-state index contributed by atoms with van der Waals surface area (Å²) in [5.41, 5.74) is 2.96. The van der Waals surface area contributed by atoms with Crippen molar-refractivity contribution in [2.75, 3.05) is 46.9 Å². The zero-order valence-corrected chi connectivity index (χ0v) is 21.1. The molecule has 0 radical (unpaired) electrons. The van der Waals surface area contributed by atoms with Gasteiger partial charge in [-0.3, -0.25) is 9.59 Å². The molecular formula is C25H33N3O5S. The third kappa shape index (κ3) is 6.15. The van der Waals surface area contributed by atoms with Crippen LogP contribution in [-0.2, 0) is 26.0 Å². The van der Waals surface area contributed by atoms with E-state index in [2.05, 4.69) is 0 Å². The Hall–Kier alpha value is -2.91. The van der Waals surface area contributed by atoms with Crippen molar-refractivity contribution < 1.29 is 22.7 Å². The maximum atomic E-state index is 12.9. The molecule has 184 valence electrons. The summed E-state index contributed by atoms with van der Waals surface area (Å²) in [6.45, 7) is 5.22. The highest BCUT2D eigenvalue weighted by Crippen LogP contribution is 2.19. The van der Waals surface area contributed by atoms with Crippen molar-refractivity contribution in [2.45, 2.75) is 31.6 Å². The number of amides is 2. The van der Waals surface area contributed by atoms with Crippen molar-refractivity contribution in [1.82, 2.24) is 14.1 Å². The molecule has 0 spiro atoms. The topological polar surface area (TPSA) is 87.2 Å². The van der Waals surface area contributed by atoms with Crippen molar-refractivity contribution >= 4 is 21.8 Å². The van der Waals surface area contributed by atoms with Crippen LogP contribution in [0.3, 0.4) is 0 Å². The van der Waals surface area contributed by atoms with Crippen LogP contribution in [0, 0.1) is 13.8 Å². The minimum absolute atomic E-state index is 0.0531. The number of hydrogen-bond donors (Lipinski definition) is 0. The summed E-state index contributed by atoms with van der Waals surface area (Å²) in [4.78, 5) is 28.9. The third-order valence-corrected chi connectivity index (χ3v) is 8.12. The number of methoxy groups -OCH3 is 1. The summed E-state index contributed by atoms with van der Waals surface area (Å²) in [5.74, 6) is 0.570. The summed E-state index contributed by atoms with van der Waals surface area (Å²) in [6.07, 6.45) is 1.04.